The maximum atomic E-state index is 4.86. The summed E-state index contributed by atoms with van der Waals surface area (Å²) in [6.45, 7) is 6.49. The molecule has 6 rings (SSSR count). The SMILES string of the molecule is Cc1cc(C)cc(-c2cc(C)cc(-c3nccc4c3ccc3c5ccccc5ccc43)c2)c1. The number of nitrogens with zero attached hydrogens (tertiary/aromatic N) is 1. The zero-order valence-corrected chi connectivity index (χ0v) is 19.2. The Morgan fingerprint density at radius 1 is 0.455 bits per heavy atom. The quantitative estimate of drug-likeness (QED) is 0.254. The van der Waals surface area contributed by atoms with Gasteiger partial charge in [0.15, 0.2) is 0 Å². The average molecular weight is 424 g/mol. The second kappa shape index (κ2) is 7.56. The van der Waals surface area contributed by atoms with Crippen molar-refractivity contribution in [2.24, 2.45) is 0 Å². The zero-order chi connectivity index (χ0) is 22.5. The molecular weight excluding hydrogens is 398 g/mol. The Kier molecular flexibility index (Phi) is 4.52. The molecule has 0 N–H and O–H groups in total. The van der Waals surface area contributed by atoms with Gasteiger partial charge in [0.2, 0.25) is 0 Å². The first-order chi connectivity index (χ1) is 16.1. The maximum Gasteiger partial charge on any atom is 0.0780 e. The predicted molar refractivity (Wildman–Crippen MR) is 142 cm³/mol. The van der Waals surface area contributed by atoms with Crippen LogP contribution in [0.25, 0.3) is 54.7 Å². The first-order valence-electron chi connectivity index (χ1n) is 11.5. The standard InChI is InChI=1S/C32H25N/c1-20-14-21(2)16-24(15-20)25-17-22(3)18-26(19-25)32-31-11-10-28-27-7-5-4-6-23(27)8-9-29(28)30(31)12-13-33-32/h4-19H,1-3H3. The Bertz CT molecular complexity index is 1670. The molecule has 0 saturated heterocycles. The van der Waals surface area contributed by atoms with Crippen LogP contribution >= 0.6 is 0 Å². The maximum absolute atomic E-state index is 4.86. The van der Waals surface area contributed by atoms with Gasteiger partial charge in [0.25, 0.3) is 0 Å². The highest BCUT2D eigenvalue weighted by Crippen LogP contribution is 2.36. The molecule has 0 fully saturated rings. The molecular formula is C32H25N. The minimum atomic E-state index is 1.04. The highest BCUT2D eigenvalue weighted by molar-refractivity contribution is 6.18. The number of hydrogen-bond donors (Lipinski definition) is 0. The summed E-state index contributed by atoms with van der Waals surface area (Å²) < 4.78 is 0. The summed E-state index contributed by atoms with van der Waals surface area (Å²) in [6, 6.07) is 33.3. The zero-order valence-electron chi connectivity index (χ0n) is 19.2. The molecule has 0 bridgehead atoms. The lowest BCUT2D eigenvalue weighted by molar-refractivity contribution is 1.34. The molecule has 1 nitrogen and oxygen atoms in total. The normalized spacial score (nSPS) is 11.5. The molecule has 158 valence electrons. The minimum absolute atomic E-state index is 1.04. The van der Waals surface area contributed by atoms with Crippen molar-refractivity contribution in [1.29, 1.82) is 0 Å². The fourth-order valence-electron chi connectivity index (χ4n) is 5.21. The van der Waals surface area contributed by atoms with E-state index in [0.717, 1.165) is 11.3 Å². The van der Waals surface area contributed by atoms with E-state index >= 15 is 0 Å². The molecule has 0 aliphatic carbocycles. The fraction of sp³-hybridized carbons (Fsp3) is 0.0938. The Labute approximate surface area is 194 Å². The third-order valence-electron chi connectivity index (χ3n) is 6.57. The summed E-state index contributed by atoms with van der Waals surface area (Å²) in [5.41, 5.74) is 8.51. The van der Waals surface area contributed by atoms with Crippen LogP contribution in [0, 0.1) is 20.8 Å². The second-order valence-corrected chi connectivity index (χ2v) is 9.17. The van der Waals surface area contributed by atoms with Crippen molar-refractivity contribution in [2.75, 3.05) is 0 Å². The summed E-state index contributed by atoms with van der Waals surface area (Å²) in [5, 5.41) is 7.57. The third-order valence-corrected chi connectivity index (χ3v) is 6.57. The van der Waals surface area contributed by atoms with Gasteiger partial charge in [-0.25, -0.2) is 0 Å². The van der Waals surface area contributed by atoms with Gasteiger partial charge in [0.05, 0.1) is 5.69 Å². The summed E-state index contributed by atoms with van der Waals surface area (Å²) in [7, 11) is 0. The van der Waals surface area contributed by atoms with Crippen LogP contribution in [0.3, 0.4) is 0 Å². The van der Waals surface area contributed by atoms with Gasteiger partial charge in [0, 0.05) is 17.1 Å². The van der Waals surface area contributed by atoms with Crippen LogP contribution in [-0.2, 0) is 0 Å². The van der Waals surface area contributed by atoms with Gasteiger partial charge >= 0.3 is 0 Å². The van der Waals surface area contributed by atoms with Crippen molar-refractivity contribution in [1.82, 2.24) is 4.98 Å². The van der Waals surface area contributed by atoms with Crippen LogP contribution in [0.15, 0.2) is 97.2 Å². The highest BCUT2D eigenvalue weighted by Gasteiger charge is 2.12. The summed E-state index contributed by atoms with van der Waals surface area (Å²) >= 11 is 0. The van der Waals surface area contributed by atoms with Gasteiger partial charge in [0.1, 0.15) is 0 Å². The third kappa shape index (κ3) is 3.37. The fourth-order valence-corrected chi connectivity index (χ4v) is 5.21. The monoisotopic (exact) mass is 423 g/mol. The predicted octanol–water partition coefficient (Wildman–Crippen LogP) is 8.80. The van der Waals surface area contributed by atoms with Crippen molar-refractivity contribution in [3.05, 3.63) is 114 Å². The van der Waals surface area contributed by atoms with Gasteiger partial charge < -0.3 is 0 Å². The largest absolute Gasteiger partial charge is 0.256 e. The number of pyridine rings is 1. The van der Waals surface area contributed by atoms with Crippen LogP contribution in [-0.4, -0.2) is 4.98 Å². The summed E-state index contributed by atoms with van der Waals surface area (Å²) in [4.78, 5) is 4.86. The molecule has 5 aromatic carbocycles. The molecule has 33 heavy (non-hydrogen) atoms. The average Bonchev–Trinajstić information content (AvgIpc) is 2.82. The van der Waals surface area contributed by atoms with Crippen LogP contribution in [0.5, 0.6) is 0 Å². The summed E-state index contributed by atoms with van der Waals surface area (Å²) in [5.74, 6) is 0. The highest BCUT2D eigenvalue weighted by atomic mass is 14.7. The van der Waals surface area contributed by atoms with E-state index in [2.05, 4.69) is 112 Å². The Morgan fingerprint density at radius 2 is 1.03 bits per heavy atom. The van der Waals surface area contributed by atoms with Crippen molar-refractivity contribution >= 4 is 32.3 Å². The molecule has 1 aromatic heterocycles. The molecule has 0 atom stereocenters. The van der Waals surface area contributed by atoms with E-state index in [1.165, 1.54) is 60.1 Å². The van der Waals surface area contributed by atoms with E-state index in [4.69, 9.17) is 4.98 Å². The van der Waals surface area contributed by atoms with Gasteiger partial charge in [-0.2, -0.15) is 0 Å². The molecule has 0 aliphatic heterocycles. The number of fused-ring (bicyclic) bond motifs is 5. The number of hydrogen-bond acceptors (Lipinski definition) is 1. The van der Waals surface area contributed by atoms with Gasteiger partial charge in [-0.1, -0.05) is 83.9 Å². The lowest BCUT2D eigenvalue weighted by Gasteiger charge is -2.13. The van der Waals surface area contributed by atoms with E-state index in [1.54, 1.807) is 0 Å². The van der Waals surface area contributed by atoms with Crippen molar-refractivity contribution in [3.8, 4) is 22.4 Å². The molecule has 1 heterocycles. The topological polar surface area (TPSA) is 12.9 Å². The smallest absolute Gasteiger partial charge is 0.0780 e. The van der Waals surface area contributed by atoms with Crippen molar-refractivity contribution in [3.63, 3.8) is 0 Å². The van der Waals surface area contributed by atoms with E-state index in [0.29, 0.717) is 0 Å². The number of aromatic nitrogens is 1. The van der Waals surface area contributed by atoms with Crippen LogP contribution in [0.1, 0.15) is 16.7 Å². The van der Waals surface area contributed by atoms with E-state index in [-0.39, 0.29) is 0 Å². The molecule has 1 heteroatoms. The van der Waals surface area contributed by atoms with E-state index in [9.17, 15) is 0 Å². The van der Waals surface area contributed by atoms with E-state index < -0.39 is 0 Å². The molecule has 0 saturated carbocycles. The minimum Gasteiger partial charge on any atom is -0.256 e. The lowest BCUT2D eigenvalue weighted by Crippen LogP contribution is -1.90. The molecule has 0 spiro atoms. The lowest BCUT2D eigenvalue weighted by atomic mass is 9.93. The summed E-state index contributed by atoms with van der Waals surface area (Å²) in [6.07, 6.45) is 1.95. The molecule has 0 radical (unpaired) electrons. The Balaban J connectivity index is 1.59. The Hall–Kier alpha value is -3.97. The van der Waals surface area contributed by atoms with Crippen LogP contribution in [0.4, 0.5) is 0 Å². The second-order valence-electron chi connectivity index (χ2n) is 9.17. The first kappa shape index (κ1) is 19.7. The molecule has 0 amide bonds. The number of aryl methyl sites for hydroxylation is 3. The molecule has 0 aliphatic rings. The number of rotatable bonds is 2. The van der Waals surface area contributed by atoms with Crippen LogP contribution < -0.4 is 0 Å². The molecule has 6 aromatic rings. The van der Waals surface area contributed by atoms with Gasteiger partial charge in [-0.15, -0.1) is 0 Å². The number of benzene rings is 5. The van der Waals surface area contributed by atoms with Crippen molar-refractivity contribution in [2.45, 2.75) is 20.8 Å². The van der Waals surface area contributed by atoms with E-state index in [1.807, 2.05) is 6.20 Å². The molecule has 0 unspecified atom stereocenters. The van der Waals surface area contributed by atoms with Gasteiger partial charge in [-0.3, -0.25) is 4.98 Å². The van der Waals surface area contributed by atoms with Crippen molar-refractivity contribution < 1.29 is 0 Å². The first-order valence-corrected chi connectivity index (χ1v) is 11.5. The Morgan fingerprint density at radius 3 is 1.85 bits per heavy atom. The van der Waals surface area contributed by atoms with Gasteiger partial charge in [-0.05, 0) is 82.6 Å². The van der Waals surface area contributed by atoms with Crippen LogP contribution in [0.2, 0.25) is 0 Å².